The molecule has 0 bridgehead atoms. The maximum Gasteiger partial charge on any atom is 0.258 e. The maximum atomic E-state index is 13.7. The maximum absolute atomic E-state index is 13.7. The molecule has 2 saturated heterocycles. The lowest BCUT2D eigenvalue weighted by molar-refractivity contribution is -0.123. The summed E-state index contributed by atoms with van der Waals surface area (Å²) in [6.07, 6.45) is 5.87. The Hall–Kier alpha value is -5.39. The molecule has 2 fully saturated rings. The Morgan fingerprint density at radius 2 is 1.47 bits per heavy atom. The number of methoxy groups -OCH3 is 2. The molecule has 4 aliphatic heterocycles. The zero-order valence-corrected chi connectivity index (χ0v) is 26.2. The number of carbonyl (C=O) groups is 3. The summed E-state index contributed by atoms with van der Waals surface area (Å²) in [5.41, 5.74) is 2.84. The molecule has 0 unspecified atom stereocenters. The zero-order chi connectivity index (χ0) is 32.5. The van der Waals surface area contributed by atoms with Crippen LogP contribution >= 0.6 is 0 Å². The molecule has 47 heavy (non-hydrogen) atoms. The molecular formula is C35H35N5O7. The van der Waals surface area contributed by atoms with Gasteiger partial charge < -0.3 is 34.1 Å². The first-order chi connectivity index (χ1) is 22.9. The molecule has 12 heteroatoms. The van der Waals surface area contributed by atoms with Crippen LogP contribution in [-0.2, 0) is 11.4 Å². The minimum absolute atomic E-state index is 0.0185. The minimum atomic E-state index is -0.350. The molecule has 4 heterocycles. The second-order valence-corrected chi connectivity index (χ2v) is 11.9. The van der Waals surface area contributed by atoms with Gasteiger partial charge in [0.1, 0.15) is 6.61 Å². The van der Waals surface area contributed by atoms with Gasteiger partial charge in [-0.05, 0) is 37.0 Å². The topological polar surface area (TPSA) is 131 Å². The molecule has 0 radical (unpaired) electrons. The molecule has 3 aromatic carbocycles. The van der Waals surface area contributed by atoms with Crippen LogP contribution in [0.3, 0.4) is 0 Å². The number of nitrogens with one attached hydrogen (secondary N) is 1. The number of rotatable bonds is 9. The summed E-state index contributed by atoms with van der Waals surface area (Å²) in [5, 5.41) is 2.98. The smallest absolute Gasteiger partial charge is 0.258 e. The van der Waals surface area contributed by atoms with Crippen molar-refractivity contribution < 1.29 is 33.3 Å². The second kappa shape index (κ2) is 12.8. The first-order valence-corrected chi connectivity index (χ1v) is 15.6. The highest BCUT2D eigenvalue weighted by Crippen LogP contribution is 2.40. The normalized spacial score (nSPS) is 20.9. The molecule has 4 aliphatic rings. The van der Waals surface area contributed by atoms with Crippen molar-refractivity contribution >= 4 is 41.5 Å². The Balaban J connectivity index is 0.995. The summed E-state index contributed by atoms with van der Waals surface area (Å²) in [6, 6.07) is 15.8. The lowest BCUT2D eigenvalue weighted by atomic mass is 10.1. The summed E-state index contributed by atoms with van der Waals surface area (Å²) in [4.78, 5) is 52.5. The van der Waals surface area contributed by atoms with Gasteiger partial charge in [0, 0.05) is 43.7 Å². The molecule has 3 amide bonds. The van der Waals surface area contributed by atoms with Crippen LogP contribution in [0.4, 0.5) is 11.4 Å². The number of aliphatic imine (C=N–C) groups is 2. The van der Waals surface area contributed by atoms with Crippen LogP contribution in [0, 0.1) is 0 Å². The van der Waals surface area contributed by atoms with Crippen molar-refractivity contribution in [2.75, 3.05) is 33.9 Å². The zero-order valence-electron chi connectivity index (χ0n) is 26.2. The molecule has 3 aromatic rings. The Kier molecular flexibility index (Phi) is 8.23. The van der Waals surface area contributed by atoms with Gasteiger partial charge in [0.25, 0.3) is 17.7 Å². The Morgan fingerprint density at radius 3 is 2.15 bits per heavy atom. The Labute approximate surface area is 272 Å². The van der Waals surface area contributed by atoms with Gasteiger partial charge in [0.2, 0.25) is 0 Å². The monoisotopic (exact) mass is 637 g/mol. The lowest BCUT2D eigenvalue weighted by Gasteiger charge is -2.21. The van der Waals surface area contributed by atoms with Crippen LogP contribution in [0.2, 0.25) is 0 Å². The number of hydrogen-bond donors (Lipinski definition) is 1. The van der Waals surface area contributed by atoms with Gasteiger partial charge in [-0.1, -0.05) is 30.3 Å². The van der Waals surface area contributed by atoms with E-state index in [0.717, 1.165) is 18.4 Å². The quantitative estimate of drug-likeness (QED) is 0.374. The van der Waals surface area contributed by atoms with Crippen molar-refractivity contribution in [3.8, 4) is 23.0 Å². The Bertz CT molecular complexity index is 1780. The van der Waals surface area contributed by atoms with E-state index in [-0.39, 0.29) is 42.5 Å². The van der Waals surface area contributed by atoms with Gasteiger partial charge in [-0.25, -0.2) is 0 Å². The van der Waals surface area contributed by atoms with Crippen LogP contribution in [0.25, 0.3) is 0 Å². The Morgan fingerprint density at radius 1 is 0.830 bits per heavy atom. The van der Waals surface area contributed by atoms with Crippen LogP contribution in [0.5, 0.6) is 23.0 Å². The molecule has 0 aliphatic carbocycles. The van der Waals surface area contributed by atoms with E-state index >= 15 is 0 Å². The van der Waals surface area contributed by atoms with Gasteiger partial charge in [-0.3, -0.25) is 24.4 Å². The molecule has 1 N–H and O–H groups in total. The summed E-state index contributed by atoms with van der Waals surface area (Å²) in [6.45, 7) is 1.07. The van der Waals surface area contributed by atoms with Crippen molar-refractivity contribution in [1.29, 1.82) is 0 Å². The third kappa shape index (κ3) is 5.98. The van der Waals surface area contributed by atoms with E-state index in [9.17, 15) is 14.4 Å². The predicted octanol–water partition coefficient (Wildman–Crippen LogP) is 4.10. The fraction of sp³-hybridized carbons (Fsp3) is 0.343. The molecule has 0 aromatic heterocycles. The molecule has 242 valence electrons. The molecular weight excluding hydrogens is 602 g/mol. The standard InChI is InChI=1S/C35H35N5O7/c1-44-29-13-26-28(14-31(29)46-19-21-7-4-3-5-8-21)37-17-24-11-22(18-40(24)35(26)43)38-33(41)20-47-32-15-27-25(12-30(32)45-2)34(42)39-10-6-9-23(39)16-36-27/h3-5,7-8,12-17,22-24H,6,9-11,18-20H2,1-2H3,(H,38,41)/t22-,23-,24-/m0/s1. The minimum Gasteiger partial charge on any atom is -0.493 e. The number of nitrogens with zero attached hydrogens (tertiary/aromatic N) is 4. The number of ether oxygens (including phenoxy) is 4. The van der Waals surface area contributed by atoms with Crippen LogP contribution in [-0.4, -0.2) is 92.0 Å². The van der Waals surface area contributed by atoms with Gasteiger partial charge in [-0.15, -0.1) is 0 Å². The number of fused-ring (bicyclic) bond motifs is 4. The largest absolute Gasteiger partial charge is 0.493 e. The average molecular weight is 638 g/mol. The van der Waals surface area contributed by atoms with Gasteiger partial charge >= 0.3 is 0 Å². The lowest BCUT2D eigenvalue weighted by Crippen LogP contribution is -2.41. The SMILES string of the molecule is COc1cc2c(cc1OCC(=O)N[C@H]1C[C@H]3C=Nc4cc(OCc5ccccc5)c(OC)cc4C(=O)N3C1)N=C[C@@H]1CCCN1C2=O. The number of hydrogen-bond acceptors (Lipinski definition) is 9. The van der Waals surface area contributed by atoms with E-state index in [4.69, 9.17) is 18.9 Å². The number of carbonyl (C=O) groups excluding carboxylic acids is 3. The first kappa shape index (κ1) is 30.3. The molecule has 0 saturated carbocycles. The van der Waals surface area contributed by atoms with Crippen molar-refractivity contribution in [2.45, 2.75) is 44.0 Å². The van der Waals surface area contributed by atoms with Crippen molar-refractivity contribution in [1.82, 2.24) is 15.1 Å². The molecule has 7 rings (SSSR count). The van der Waals surface area contributed by atoms with Crippen LogP contribution in [0.15, 0.2) is 64.6 Å². The van der Waals surface area contributed by atoms with Crippen LogP contribution in [0.1, 0.15) is 45.5 Å². The molecule has 0 spiro atoms. The van der Waals surface area contributed by atoms with E-state index in [1.807, 2.05) is 35.2 Å². The van der Waals surface area contributed by atoms with Gasteiger partial charge in [0.15, 0.2) is 29.6 Å². The van der Waals surface area contributed by atoms with Crippen LogP contribution < -0.4 is 24.3 Å². The van der Waals surface area contributed by atoms with E-state index in [0.29, 0.717) is 71.6 Å². The fourth-order valence-electron chi connectivity index (χ4n) is 6.53. The van der Waals surface area contributed by atoms with E-state index in [1.165, 1.54) is 14.2 Å². The number of amides is 3. The highest BCUT2D eigenvalue weighted by Gasteiger charge is 2.38. The summed E-state index contributed by atoms with van der Waals surface area (Å²) < 4.78 is 22.9. The highest BCUT2D eigenvalue weighted by molar-refractivity contribution is 6.04. The second-order valence-electron chi connectivity index (χ2n) is 11.9. The van der Waals surface area contributed by atoms with E-state index in [1.54, 1.807) is 41.6 Å². The summed E-state index contributed by atoms with van der Waals surface area (Å²) in [7, 11) is 3.02. The highest BCUT2D eigenvalue weighted by atomic mass is 16.5. The third-order valence-corrected chi connectivity index (χ3v) is 8.92. The summed E-state index contributed by atoms with van der Waals surface area (Å²) in [5.74, 6) is 0.950. The summed E-state index contributed by atoms with van der Waals surface area (Å²) >= 11 is 0. The van der Waals surface area contributed by atoms with Crippen molar-refractivity contribution in [3.05, 3.63) is 71.3 Å². The van der Waals surface area contributed by atoms with E-state index in [2.05, 4.69) is 15.3 Å². The van der Waals surface area contributed by atoms with Crippen molar-refractivity contribution in [2.24, 2.45) is 9.98 Å². The van der Waals surface area contributed by atoms with E-state index < -0.39 is 0 Å². The third-order valence-electron chi connectivity index (χ3n) is 8.92. The van der Waals surface area contributed by atoms with Gasteiger partial charge in [0.05, 0.1) is 48.8 Å². The van der Waals surface area contributed by atoms with Gasteiger partial charge in [-0.2, -0.15) is 0 Å². The first-order valence-electron chi connectivity index (χ1n) is 15.6. The molecule has 3 atom stereocenters. The predicted molar refractivity (Wildman–Crippen MR) is 174 cm³/mol. The molecule has 12 nitrogen and oxygen atoms in total. The average Bonchev–Trinajstić information content (AvgIpc) is 3.68. The fourth-order valence-corrected chi connectivity index (χ4v) is 6.53. The number of benzene rings is 3. The van der Waals surface area contributed by atoms with Crippen molar-refractivity contribution in [3.63, 3.8) is 0 Å².